The van der Waals surface area contributed by atoms with Gasteiger partial charge in [0.1, 0.15) is 5.69 Å². The summed E-state index contributed by atoms with van der Waals surface area (Å²) in [6.07, 6.45) is 0.680. The summed E-state index contributed by atoms with van der Waals surface area (Å²) in [5.74, 6) is -0.365. The molecule has 1 aliphatic heterocycles. The Morgan fingerprint density at radius 1 is 1.52 bits per heavy atom. The predicted octanol–water partition coefficient (Wildman–Crippen LogP) is 2.70. The van der Waals surface area contributed by atoms with Crippen molar-refractivity contribution in [3.63, 3.8) is 0 Å². The van der Waals surface area contributed by atoms with Gasteiger partial charge in [0.25, 0.3) is 5.69 Å². The number of carbonyl (C=O) groups excluding carboxylic acids is 2. The van der Waals surface area contributed by atoms with Gasteiger partial charge in [0, 0.05) is 32.0 Å². The Balaban J connectivity index is 2.11. The second-order valence-corrected chi connectivity index (χ2v) is 5.75. The third kappa shape index (κ3) is 5.07. The van der Waals surface area contributed by atoms with Gasteiger partial charge < -0.3 is 14.8 Å². The average molecular weight is 351 g/mol. The van der Waals surface area contributed by atoms with E-state index in [2.05, 4.69) is 5.32 Å². The van der Waals surface area contributed by atoms with Gasteiger partial charge in [-0.2, -0.15) is 0 Å². The number of cyclic esters (lactones) is 1. The maximum atomic E-state index is 11.8. The maximum Gasteiger partial charge on any atom is 0.414 e. The van der Waals surface area contributed by atoms with E-state index in [1.54, 1.807) is 12.1 Å². The molecule has 0 radical (unpaired) electrons. The first-order valence-corrected chi connectivity index (χ1v) is 8.01. The van der Waals surface area contributed by atoms with Gasteiger partial charge in [-0.15, -0.1) is 0 Å². The van der Waals surface area contributed by atoms with Gasteiger partial charge in [-0.3, -0.25) is 19.8 Å². The van der Waals surface area contributed by atoms with Crippen molar-refractivity contribution in [3.05, 3.63) is 28.3 Å². The lowest BCUT2D eigenvalue weighted by atomic mass is 10.1. The summed E-state index contributed by atoms with van der Waals surface area (Å²) >= 11 is 0. The lowest BCUT2D eigenvalue weighted by Crippen LogP contribution is -2.37. The summed E-state index contributed by atoms with van der Waals surface area (Å²) in [6, 6.07) is 4.43. The molecule has 0 aromatic heterocycles. The third-order valence-corrected chi connectivity index (χ3v) is 3.72. The largest absolute Gasteiger partial charge is 0.466 e. The summed E-state index contributed by atoms with van der Waals surface area (Å²) in [5.41, 5.74) is 0.638. The first-order valence-electron chi connectivity index (χ1n) is 8.01. The molecular formula is C16H21N3O6. The SMILES string of the molecule is CC(=O)OCCC(C)Nc1ccc(N2CCCOC2=O)cc1[N+](=O)[O-]. The number of amides is 1. The van der Waals surface area contributed by atoms with Crippen LogP contribution in [0.2, 0.25) is 0 Å². The van der Waals surface area contributed by atoms with Crippen LogP contribution in [0.4, 0.5) is 21.9 Å². The Morgan fingerprint density at radius 3 is 2.92 bits per heavy atom. The number of ether oxygens (including phenoxy) is 2. The van der Waals surface area contributed by atoms with Gasteiger partial charge in [0.05, 0.1) is 23.8 Å². The lowest BCUT2D eigenvalue weighted by molar-refractivity contribution is -0.383. The number of nitrogens with zero attached hydrogens (tertiary/aromatic N) is 2. The van der Waals surface area contributed by atoms with Crippen LogP contribution in [0.25, 0.3) is 0 Å². The highest BCUT2D eigenvalue weighted by Crippen LogP contribution is 2.31. The summed E-state index contributed by atoms with van der Waals surface area (Å²) in [4.78, 5) is 34.8. The van der Waals surface area contributed by atoms with Crippen molar-refractivity contribution >= 4 is 29.1 Å². The second-order valence-electron chi connectivity index (χ2n) is 5.75. The first kappa shape index (κ1) is 18.5. The van der Waals surface area contributed by atoms with Gasteiger partial charge in [0.2, 0.25) is 0 Å². The number of anilines is 2. The van der Waals surface area contributed by atoms with Crippen LogP contribution in [0.1, 0.15) is 26.7 Å². The molecule has 9 nitrogen and oxygen atoms in total. The summed E-state index contributed by atoms with van der Waals surface area (Å²) < 4.78 is 9.83. The molecule has 1 aliphatic rings. The number of nitro benzene ring substituents is 1. The summed E-state index contributed by atoms with van der Waals surface area (Å²) in [6.45, 7) is 4.21. The standard InChI is InChI=1S/C16H21N3O6/c1-11(6-9-24-12(2)20)17-14-5-4-13(10-15(14)19(22)23)18-7-3-8-25-16(18)21/h4-5,10-11,17H,3,6-9H2,1-2H3. The molecule has 0 spiro atoms. The zero-order chi connectivity index (χ0) is 18.4. The zero-order valence-electron chi connectivity index (χ0n) is 14.2. The molecule has 2 rings (SSSR count). The fourth-order valence-electron chi connectivity index (χ4n) is 2.46. The monoisotopic (exact) mass is 351 g/mol. The van der Waals surface area contributed by atoms with Crippen LogP contribution in [0.3, 0.4) is 0 Å². The van der Waals surface area contributed by atoms with Crippen LogP contribution in [0.5, 0.6) is 0 Å². The molecule has 1 fully saturated rings. The number of benzene rings is 1. The molecule has 1 aromatic carbocycles. The maximum absolute atomic E-state index is 11.8. The minimum atomic E-state index is -0.504. The van der Waals surface area contributed by atoms with E-state index in [9.17, 15) is 19.7 Å². The highest BCUT2D eigenvalue weighted by atomic mass is 16.6. The van der Waals surface area contributed by atoms with E-state index in [1.165, 1.54) is 17.9 Å². The summed E-state index contributed by atoms with van der Waals surface area (Å²) in [5, 5.41) is 14.4. The Hall–Kier alpha value is -2.84. The predicted molar refractivity (Wildman–Crippen MR) is 90.7 cm³/mol. The molecule has 1 saturated heterocycles. The number of rotatable bonds is 7. The molecule has 1 unspecified atom stereocenters. The molecule has 25 heavy (non-hydrogen) atoms. The molecule has 136 valence electrons. The van der Waals surface area contributed by atoms with Gasteiger partial charge in [0.15, 0.2) is 0 Å². The Morgan fingerprint density at radius 2 is 2.28 bits per heavy atom. The first-order chi connectivity index (χ1) is 11.9. The van der Waals surface area contributed by atoms with Crippen molar-refractivity contribution in [1.82, 2.24) is 0 Å². The Bertz CT molecular complexity index is 663. The van der Waals surface area contributed by atoms with Crippen molar-refractivity contribution in [2.45, 2.75) is 32.7 Å². The number of nitrogens with one attached hydrogen (secondary N) is 1. The number of hydrogen-bond donors (Lipinski definition) is 1. The fourth-order valence-corrected chi connectivity index (χ4v) is 2.46. The molecule has 1 amide bonds. The van der Waals surface area contributed by atoms with Crippen molar-refractivity contribution < 1.29 is 24.0 Å². The molecule has 1 aromatic rings. The van der Waals surface area contributed by atoms with Crippen LogP contribution >= 0.6 is 0 Å². The Kier molecular flexibility index (Phi) is 6.15. The number of nitro groups is 1. The normalized spacial score (nSPS) is 15.3. The van der Waals surface area contributed by atoms with Crippen molar-refractivity contribution in [3.8, 4) is 0 Å². The lowest BCUT2D eigenvalue weighted by Gasteiger charge is -2.26. The number of esters is 1. The van der Waals surface area contributed by atoms with Gasteiger partial charge in [-0.1, -0.05) is 0 Å². The van der Waals surface area contributed by atoms with Crippen molar-refractivity contribution in [2.75, 3.05) is 30.0 Å². The Labute approximate surface area is 145 Å². The minimum absolute atomic E-state index is 0.129. The molecule has 1 heterocycles. The molecular weight excluding hydrogens is 330 g/mol. The van der Waals surface area contributed by atoms with Gasteiger partial charge >= 0.3 is 12.1 Å². The van der Waals surface area contributed by atoms with E-state index >= 15 is 0 Å². The van der Waals surface area contributed by atoms with Crippen LogP contribution in [0, 0.1) is 10.1 Å². The van der Waals surface area contributed by atoms with Crippen LogP contribution in [-0.2, 0) is 14.3 Å². The van der Waals surface area contributed by atoms with Crippen LogP contribution < -0.4 is 10.2 Å². The second kappa shape index (κ2) is 8.32. The van der Waals surface area contributed by atoms with Crippen molar-refractivity contribution in [1.29, 1.82) is 0 Å². The molecule has 0 aliphatic carbocycles. The highest BCUT2D eigenvalue weighted by molar-refractivity contribution is 5.89. The van der Waals surface area contributed by atoms with E-state index in [4.69, 9.17) is 9.47 Å². The van der Waals surface area contributed by atoms with E-state index in [-0.39, 0.29) is 24.3 Å². The molecule has 1 N–H and O–H groups in total. The van der Waals surface area contributed by atoms with E-state index in [1.807, 2.05) is 6.92 Å². The molecule has 0 saturated carbocycles. The minimum Gasteiger partial charge on any atom is -0.466 e. The molecule has 0 bridgehead atoms. The number of hydrogen-bond acceptors (Lipinski definition) is 7. The third-order valence-electron chi connectivity index (χ3n) is 3.72. The van der Waals surface area contributed by atoms with Crippen LogP contribution in [-0.4, -0.2) is 42.8 Å². The summed E-state index contributed by atoms with van der Waals surface area (Å²) in [7, 11) is 0. The van der Waals surface area contributed by atoms with E-state index < -0.39 is 11.0 Å². The van der Waals surface area contributed by atoms with Gasteiger partial charge in [-0.05, 0) is 25.5 Å². The quantitative estimate of drug-likeness (QED) is 0.457. The fraction of sp³-hybridized carbons (Fsp3) is 0.500. The average Bonchev–Trinajstić information content (AvgIpc) is 2.55. The van der Waals surface area contributed by atoms with Gasteiger partial charge in [-0.25, -0.2) is 4.79 Å². The van der Waals surface area contributed by atoms with E-state index in [0.717, 1.165) is 0 Å². The van der Waals surface area contributed by atoms with E-state index in [0.29, 0.717) is 37.4 Å². The smallest absolute Gasteiger partial charge is 0.414 e. The molecule has 1 atom stereocenters. The topological polar surface area (TPSA) is 111 Å². The highest BCUT2D eigenvalue weighted by Gasteiger charge is 2.24. The van der Waals surface area contributed by atoms with Crippen LogP contribution in [0.15, 0.2) is 18.2 Å². The van der Waals surface area contributed by atoms with Crippen molar-refractivity contribution in [2.24, 2.45) is 0 Å². The zero-order valence-corrected chi connectivity index (χ0v) is 14.2. The molecule has 9 heteroatoms. The number of carbonyl (C=O) groups is 2.